The van der Waals surface area contributed by atoms with E-state index in [0.29, 0.717) is 0 Å². The zero-order chi connectivity index (χ0) is 10.9. The number of hydrogen-bond donors (Lipinski definition) is 1. The molecular formula is C12H22N2O. The minimum absolute atomic E-state index is 0.830. The van der Waals surface area contributed by atoms with Gasteiger partial charge in [-0.05, 0) is 31.6 Å². The Morgan fingerprint density at radius 1 is 1.33 bits per heavy atom. The van der Waals surface area contributed by atoms with Crippen molar-refractivity contribution in [2.75, 3.05) is 26.2 Å². The largest absolute Gasteiger partial charge is 0.468 e. The first-order valence-electron chi connectivity index (χ1n) is 5.82. The van der Waals surface area contributed by atoms with Crippen LogP contribution in [-0.4, -0.2) is 31.1 Å². The summed E-state index contributed by atoms with van der Waals surface area (Å²) in [6.45, 7) is 9.73. The van der Waals surface area contributed by atoms with Crippen molar-refractivity contribution in [3.05, 3.63) is 24.2 Å². The summed E-state index contributed by atoms with van der Waals surface area (Å²) >= 11 is 0. The van der Waals surface area contributed by atoms with Gasteiger partial charge >= 0.3 is 0 Å². The van der Waals surface area contributed by atoms with E-state index >= 15 is 0 Å². The molecule has 0 aliphatic heterocycles. The molecule has 0 aliphatic carbocycles. The molecular weight excluding hydrogens is 188 g/mol. The van der Waals surface area contributed by atoms with E-state index < -0.39 is 0 Å². The number of rotatable bonds is 8. The van der Waals surface area contributed by atoms with Crippen molar-refractivity contribution in [3.63, 3.8) is 0 Å². The van der Waals surface area contributed by atoms with E-state index in [4.69, 9.17) is 4.42 Å². The van der Waals surface area contributed by atoms with Gasteiger partial charge in [0.15, 0.2) is 0 Å². The van der Waals surface area contributed by atoms with Crippen LogP contribution in [-0.2, 0) is 6.54 Å². The molecule has 0 aromatic carbocycles. The van der Waals surface area contributed by atoms with Gasteiger partial charge in [-0.3, -0.25) is 0 Å². The van der Waals surface area contributed by atoms with Crippen molar-refractivity contribution in [2.24, 2.45) is 0 Å². The number of likely N-dealkylation sites (N-methyl/N-ethyl adjacent to an activating group) is 1. The third-order valence-corrected chi connectivity index (χ3v) is 2.47. The first kappa shape index (κ1) is 12.3. The highest BCUT2D eigenvalue weighted by molar-refractivity contribution is 4.97. The number of hydrogen-bond acceptors (Lipinski definition) is 3. The molecule has 1 aromatic rings. The van der Waals surface area contributed by atoms with Gasteiger partial charge in [0, 0.05) is 13.1 Å². The molecule has 1 N–H and O–H groups in total. The maximum atomic E-state index is 5.24. The van der Waals surface area contributed by atoms with Crippen LogP contribution in [0.2, 0.25) is 0 Å². The highest BCUT2D eigenvalue weighted by Crippen LogP contribution is 1.98. The van der Waals surface area contributed by atoms with E-state index in [1.54, 1.807) is 6.26 Å². The topological polar surface area (TPSA) is 28.4 Å². The zero-order valence-corrected chi connectivity index (χ0v) is 9.83. The summed E-state index contributed by atoms with van der Waals surface area (Å²) in [6.07, 6.45) is 2.94. The lowest BCUT2D eigenvalue weighted by Crippen LogP contribution is -2.32. The first-order valence-corrected chi connectivity index (χ1v) is 5.82. The molecule has 0 saturated heterocycles. The highest BCUT2D eigenvalue weighted by Gasteiger charge is 2.00. The van der Waals surface area contributed by atoms with Crippen LogP contribution in [0.3, 0.4) is 0 Å². The van der Waals surface area contributed by atoms with Crippen LogP contribution in [0, 0.1) is 0 Å². The molecule has 0 saturated carbocycles. The van der Waals surface area contributed by atoms with Gasteiger partial charge in [0.05, 0.1) is 12.8 Å². The Bertz CT molecular complexity index is 234. The van der Waals surface area contributed by atoms with Crippen LogP contribution in [0.4, 0.5) is 0 Å². The molecule has 0 bridgehead atoms. The van der Waals surface area contributed by atoms with E-state index in [-0.39, 0.29) is 0 Å². The molecule has 0 atom stereocenters. The Labute approximate surface area is 92.5 Å². The molecule has 0 spiro atoms. The minimum atomic E-state index is 0.830. The Morgan fingerprint density at radius 2 is 2.20 bits per heavy atom. The van der Waals surface area contributed by atoms with Crippen LogP contribution < -0.4 is 5.32 Å². The Hall–Kier alpha value is -0.800. The lowest BCUT2D eigenvalue weighted by molar-refractivity contribution is 0.286. The lowest BCUT2D eigenvalue weighted by Gasteiger charge is -2.19. The van der Waals surface area contributed by atoms with Gasteiger partial charge in [-0.25, -0.2) is 0 Å². The molecule has 0 amide bonds. The fraction of sp³-hybridized carbons (Fsp3) is 0.667. The summed E-state index contributed by atoms with van der Waals surface area (Å²) in [5.74, 6) is 1.01. The highest BCUT2D eigenvalue weighted by atomic mass is 16.3. The van der Waals surface area contributed by atoms with Crippen molar-refractivity contribution >= 4 is 0 Å². The van der Waals surface area contributed by atoms with Crippen LogP contribution >= 0.6 is 0 Å². The van der Waals surface area contributed by atoms with Crippen molar-refractivity contribution in [2.45, 2.75) is 26.8 Å². The second kappa shape index (κ2) is 7.49. The average Bonchev–Trinajstić information content (AvgIpc) is 2.75. The van der Waals surface area contributed by atoms with Crippen molar-refractivity contribution in [3.8, 4) is 0 Å². The summed E-state index contributed by atoms with van der Waals surface area (Å²) in [4.78, 5) is 2.45. The summed E-state index contributed by atoms with van der Waals surface area (Å²) < 4.78 is 5.24. The quantitative estimate of drug-likeness (QED) is 0.666. The molecule has 0 unspecified atom stereocenters. The van der Waals surface area contributed by atoms with Crippen LogP contribution in [0.5, 0.6) is 0 Å². The predicted octanol–water partition coefficient (Wildman–Crippen LogP) is 2.10. The van der Waals surface area contributed by atoms with Crippen molar-refractivity contribution < 1.29 is 4.42 Å². The number of nitrogens with one attached hydrogen (secondary N) is 1. The molecule has 1 aromatic heterocycles. The molecule has 0 aliphatic rings. The Kier molecular flexibility index (Phi) is 6.12. The fourth-order valence-electron chi connectivity index (χ4n) is 1.61. The third kappa shape index (κ3) is 5.00. The van der Waals surface area contributed by atoms with E-state index in [2.05, 4.69) is 24.1 Å². The van der Waals surface area contributed by atoms with Gasteiger partial charge in [0.1, 0.15) is 5.76 Å². The maximum absolute atomic E-state index is 5.24. The van der Waals surface area contributed by atoms with Crippen LogP contribution in [0.15, 0.2) is 22.8 Å². The SMILES string of the molecule is CCCN(CC)CCNCc1ccco1. The van der Waals surface area contributed by atoms with Gasteiger partial charge in [0.2, 0.25) is 0 Å². The van der Waals surface area contributed by atoms with E-state index in [1.165, 1.54) is 13.0 Å². The molecule has 0 fully saturated rings. The molecule has 86 valence electrons. The smallest absolute Gasteiger partial charge is 0.117 e. The third-order valence-electron chi connectivity index (χ3n) is 2.47. The molecule has 1 rings (SSSR count). The molecule has 15 heavy (non-hydrogen) atoms. The standard InChI is InChI=1S/C12H22N2O/c1-3-8-14(4-2)9-7-13-11-12-6-5-10-15-12/h5-6,10,13H,3-4,7-9,11H2,1-2H3. The number of nitrogens with zero attached hydrogens (tertiary/aromatic N) is 1. The lowest BCUT2D eigenvalue weighted by atomic mass is 10.4. The predicted molar refractivity (Wildman–Crippen MR) is 62.8 cm³/mol. The summed E-state index contributed by atoms with van der Waals surface area (Å²) in [5, 5.41) is 3.38. The average molecular weight is 210 g/mol. The van der Waals surface area contributed by atoms with Crippen molar-refractivity contribution in [1.29, 1.82) is 0 Å². The normalized spacial score (nSPS) is 11.1. The molecule has 3 nitrogen and oxygen atoms in total. The fourth-order valence-corrected chi connectivity index (χ4v) is 1.61. The second-order valence-electron chi connectivity index (χ2n) is 3.69. The minimum Gasteiger partial charge on any atom is -0.468 e. The van der Waals surface area contributed by atoms with E-state index in [9.17, 15) is 0 Å². The van der Waals surface area contributed by atoms with E-state index in [0.717, 1.165) is 31.9 Å². The number of furan rings is 1. The van der Waals surface area contributed by atoms with Gasteiger partial charge in [0.25, 0.3) is 0 Å². The molecule has 0 radical (unpaired) electrons. The van der Waals surface area contributed by atoms with Crippen LogP contribution in [0.25, 0.3) is 0 Å². The first-order chi connectivity index (χ1) is 7.36. The zero-order valence-electron chi connectivity index (χ0n) is 9.83. The monoisotopic (exact) mass is 210 g/mol. The Balaban J connectivity index is 2.05. The summed E-state index contributed by atoms with van der Waals surface area (Å²) in [7, 11) is 0. The van der Waals surface area contributed by atoms with Gasteiger partial charge in [-0.1, -0.05) is 13.8 Å². The second-order valence-corrected chi connectivity index (χ2v) is 3.69. The summed E-state index contributed by atoms with van der Waals surface area (Å²) in [5.41, 5.74) is 0. The molecule has 3 heteroatoms. The maximum Gasteiger partial charge on any atom is 0.117 e. The van der Waals surface area contributed by atoms with Gasteiger partial charge in [-0.15, -0.1) is 0 Å². The van der Waals surface area contributed by atoms with Crippen molar-refractivity contribution in [1.82, 2.24) is 10.2 Å². The van der Waals surface area contributed by atoms with Gasteiger partial charge < -0.3 is 14.6 Å². The van der Waals surface area contributed by atoms with Crippen LogP contribution in [0.1, 0.15) is 26.0 Å². The van der Waals surface area contributed by atoms with E-state index in [1.807, 2.05) is 12.1 Å². The summed E-state index contributed by atoms with van der Waals surface area (Å²) in [6, 6.07) is 3.92. The molecule has 1 heterocycles. The Morgan fingerprint density at radius 3 is 2.80 bits per heavy atom. The van der Waals surface area contributed by atoms with Gasteiger partial charge in [-0.2, -0.15) is 0 Å².